The van der Waals surface area contributed by atoms with E-state index in [-0.39, 0.29) is 6.04 Å². The molecular weight excluding hydrogens is 312 g/mol. The molecule has 1 aromatic carbocycles. The largest absolute Gasteiger partial charge is 0.495 e. The van der Waals surface area contributed by atoms with Crippen molar-refractivity contribution in [1.82, 2.24) is 4.90 Å². The number of likely N-dealkylation sites (tertiary alicyclic amines) is 1. The molecule has 0 aliphatic carbocycles. The summed E-state index contributed by atoms with van der Waals surface area (Å²) in [5.41, 5.74) is 0.616. The molecule has 0 unspecified atom stereocenters. The number of nitrogens with zero attached hydrogens (tertiary/aromatic N) is 2. The number of nitriles is 1. The first kappa shape index (κ1) is 15.4. The average molecular weight is 328 g/mol. The summed E-state index contributed by atoms with van der Waals surface area (Å²) in [5.74, 6) is 0.769. The number of thiophene rings is 1. The van der Waals surface area contributed by atoms with Crippen LogP contribution in [0, 0.1) is 11.3 Å². The van der Waals surface area contributed by atoms with Crippen LogP contribution in [-0.2, 0) is 0 Å². The molecule has 0 bridgehead atoms. The molecule has 0 saturated carbocycles. The van der Waals surface area contributed by atoms with E-state index >= 15 is 0 Å². The van der Waals surface area contributed by atoms with Gasteiger partial charge in [0.2, 0.25) is 0 Å². The third-order valence-electron chi connectivity index (χ3n) is 4.02. The van der Waals surface area contributed by atoms with Gasteiger partial charge in [0.15, 0.2) is 0 Å². The second kappa shape index (κ2) is 6.31. The standard InChI is InChI=1S/C17H16N2O3S/c1-22-16-13-6-4-11(10-18)9-15(13)23-14(16)7-5-12-3-2-8-19(12)17(20)21/h4-7,9,12H,2-3,8H2,1H3,(H,20,21)/t12-/m0/s1. The van der Waals surface area contributed by atoms with Gasteiger partial charge in [-0.1, -0.05) is 6.08 Å². The number of carbonyl (C=O) groups is 1. The van der Waals surface area contributed by atoms with E-state index in [1.54, 1.807) is 24.5 Å². The first-order chi connectivity index (χ1) is 11.1. The van der Waals surface area contributed by atoms with E-state index in [1.807, 2.05) is 24.3 Å². The topological polar surface area (TPSA) is 73.6 Å². The lowest BCUT2D eigenvalue weighted by atomic mass is 10.1. The van der Waals surface area contributed by atoms with E-state index in [4.69, 9.17) is 10.00 Å². The number of carboxylic acid groups (broad SMARTS) is 1. The summed E-state index contributed by atoms with van der Waals surface area (Å²) in [4.78, 5) is 13.6. The maximum Gasteiger partial charge on any atom is 0.407 e. The van der Waals surface area contributed by atoms with Crippen molar-refractivity contribution in [3.63, 3.8) is 0 Å². The van der Waals surface area contributed by atoms with Gasteiger partial charge in [0.05, 0.1) is 29.7 Å². The van der Waals surface area contributed by atoms with E-state index in [1.165, 1.54) is 4.90 Å². The van der Waals surface area contributed by atoms with Gasteiger partial charge in [0, 0.05) is 16.6 Å². The van der Waals surface area contributed by atoms with Gasteiger partial charge in [-0.3, -0.25) is 0 Å². The Bertz CT molecular complexity index is 819. The Morgan fingerprint density at radius 3 is 3.09 bits per heavy atom. The van der Waals surface area contributed by atoms with Crippen LogP contribution in [-0.4, -0.2) is 35.8 Å². The van der Waals surface area contributed by atoms with Crippen LogP contribution in [0.15, 0.2) is 24.3 Å². The van der Waals surface area contributed by atoms with Crippen LogP contribution in [0.5, 0.6) is 5.75 Å². The highest BCUT2D eigenvalue weighted by atomic mass is 32.1. The number of benzene rings is 1. The lowest BCUT2D eigenvalue weighted by Gasteiger charge is -2.17. The first-order valence-corrected chi connectivity index (χ1v) is 8.14. The zero-order valence-electron chi connectivity index (χ0n) is 12.7. The van der Waals surface area contributed by atoms with Gasteiger partial charge >= 0.3 is 6.09 Å². The van der Waals surface area contributed by atoms with Crippen LogP contribution >= 0.6 is 11.3 Å². The highest BCUT2D eigenvalue weighted by molar-refractivity contribution is 7.20. The molecule has 2 heterocycles. The van der Waals surface area contributed by atoms with Crippen LogP contribution in [0.4, 0.5) is 4.79 Å². The molecule has 1 atom stereocenters. The van der Waals surface area contributed by atoms with Gasteiger partial charge in [-0.25, -0.2) is 4.79 Å². The normalized spacial score (nSPS) is 17.7. The van der Waals surface area contributed by atoms with E-state index in [2.05, 4.69) is 6.07 Å². The number of fused-ring (bicyclic) bond motifs is 1. The average Bonchev–Trinajstić information content (AvgIpc) is 3.15. The number of methoxy groups -OCH3 is 1. The van der Waals surface area contributed by atoms with Gasteiger partial charge < -0.3 is 14.7 Å². The predicted molar refractivity (Wildman–Crippen MR) is 89.9 cm³/mol. The fraction of sp³-hybridized carbons (Fsp3) is 0.294. The Hall–Kier alpha value is -2.52. The molecule has 118 valence electrons. The molecule has 1 N–H and O–H groups in total. The first-order valence-electron chi connectivity index (χ1n) is 7.32. The molecule has 1 fully saturated rings. The van der Waals surface area contributed by atoms with Crippen LogP contribution < -0.4 is 4.74 Å². The number of amides is 1. The van der Waals surface area contributed by atoms with Gasteiger partial charge in [-0.15, -0.1) is 11.3 Å². The Balaban J connectivity index is 1.95. The minimum atomic E-state index is -0.876. The molecule has 6 heteroatoms. The van der Waals surface area contributed by atoms with Gasteiger partial charge in [-0.05, 0) is 37.1 Å². The Kier molecular flexibility index (Phi) is 4.22. The molecule has 5 nitrogen and oxygen atoms in total. The Morgan fingerprint density at radius 2 is 2.39 bits per heavy atom. The van der Waals surface area contributed by atoms with Crippen molar-refractivity contribution in [3.8, 4) is 11.8 Å². The summed E-state index contributed by atoms with van der Waals surface area (Å²) >= 11 is 1.54. The van der Waals surface area contributed by atoms with E-state index in [0.717, 1.165) is 33.6 Å². The van der Waals surface area contributed by atoms with Crippen LogP contribution in [0.25, 0.3) is 16.2 Å². The van der Waals surface area contributed by atoms with Gasteiger partial charge in [-0.2, -0.15) is 5.26 Å². The van der Waals surface area contributed by atoms with Crippen molar-refractivity contribution in [2.75, 3.05) is 13.7 Å². The number of hydrogen-bond donors (Lipinski definition) is 1. The molecule has 1 aliphatic heterocycles. The van der Waals surface area contributed by atoms with Crippen molar-refractivity contribution >= 4 is 33.6 Å². The fourth-order valence-electron chi connectivity index (χ4n) is 2.91. The third kappa shape index (κ3) is 2.88. The summed E-state index contributed by atoms with van der Waals surface area (Å²) in [5, 5.41) is 19.2. The maximum atomic E-state index is 11.2. The lowest BCUT2D eigenvalue weighted by molar-refractivity contribution is 0.147. The molecule has 1 amide bonds. The number of ether oxygens (including phenoxy) is 1. The van der Waals surface area contributed by atoms with Crippen molar-refractivity contribution in [2.45, 2.75) is 18.9 Å². The summed E-state index contributed by atoms with van der Waals surface area (Å²) < 4.78 is 6.50. The molecule has 2 aromatic rings. The minimum Gasteiger partial charge on any atom is -0.495 e. The molecule has 0 radical (unpaired) electrons. The molecule has 23 heavy (non-hydrogen) atoms. The Morgan fingerprint density at radius 1 is 1.57 bits per heavy atom. The second-order valence-corrected chi connectivity index (χ2v) is 6.45. The highest BCUT2D eigenvalue weighted by Crippen LogP contribution is 2.39. The molecule has 1 aromatic heterocycles. The summed E-state index contributed by atoms with van der Waals surface area (Å²) in [6, 6.07) is 7.56. The zero-order chi connectivity index (χ0) is 16.4. The molecule has 0 spiro atoms. The highest BCUT2D eigenvalue weighted by Gasteiger charge is 2.26. The van der Waals surface area contributed by atoms with Crippen LogP contribution in [0.2, 0.25) is 0 Å². The van der Waals surface area contributed by atoms with Crippen molar-refractivity contribution in [1.29, 1.82) is 5.26 Å². The molecule has 1 aliphatic rings. The summed E-state index contributed by atoms with van der Waals surface area (Å²) in [6.07, 6.45) is 4.71. The maximum absolute atomic E-state index is 11.2. The van der Waals surface area contributed by atoms with Crippen molar-refractivity contribution < 1.29 is 14.6 Å². The lowest BCUT2D eigenvalue weighted by Crippen LogP contribution is -2.32. The quantitative estimate of drug-likeness (QED) is 0.926. The SMILES string of the molecule is COc1c(C=C[C@@H]2CCCN2C(=O)O)sc2cc(C#N)ccc12. The molecule has 1 saturated heterocycles. The summed E-state index contributed by atoms with van der Waals surface area (Å²) in [7, 11) is 1.62. The molecule has 3 rings (SSSR count). The second-order valence-electron chi connectivity index (χ2n) is 5.37. The van der Waals surface area contributed by atoms with Crippen molar-refractivity contribution in [3.05, 3.63) is 34.7 Å². The zero-order valence-corrected chi connectivity index (χ0v) is 13.5. The predicted octanol–water partition coefficient (Wildman–Crippen LogP) is 3.94. The number of hydrogen-bond acceptors (Lipinski definition) is 4. The summed E-state index contributed by atoms with van der Waals surface area (Å²) in [6.45, 7) is 0.583. The smallest absolute Gasteiger partial charge is 0.407 e. The fourth-order valence-corrected chi connectivity index (χ4v) is 4.04. The van der Waals surface area contributed by atoms with Gasteiger partial charge in [0.1, 0.15) is 5.75 Å². The van der Waals surface area contributed by atoms with E-state index < -0.39 is 6.09 Å². The van der Waals surface area contributed by atoms with E-state index in [0.29, 0.717) is 12.1 Å². The van der Waals surface area contributed by atoms with E-state index in [9.17, 15) is 9.90 Å². The van der Waals surface area contributed by atoms with Gasteiger partial charge in [0.25, 0.3) is 0 Å². The monoisotopic (exact) mass is 328 g/mol. The van der Waals surface area contributed by atoms with Crippen LogP contribution in [0.3, 0.4) is 0 Å². The van der Waals surface area contributed by atoms with Crippen LogP contribution in [0.1, 0.15) is 23.3 Å². The van der Waals surface area contributed by atoms with Crippen molar-refractivity contribution in [2.24, 2.45) is 0 Å². The third-order valence-corrected chi connectivity index (χ3v) is 5.12. The Labute approximate surface area is 138 Å². The minimum absolute atomic E-state index is 0.0860. The number of rotatable bonds is 3. The molecular formula is C17H16N2O3S.